The van der Waals surface area contributed by atoms with Gasteiger partial charge >= 0.3 is 0 Å². The Morgan fingerprint density at radius 1 is 1.45 bits per heavy atom. The van der Waals surface area contributed by atoms with Gasteiger partial charge in [0.15, 0.2) is 5.75 Å². The molecular formula is C14H25N3O3. The minimum absolute atomic E-state index is 0.0805. The van der Waals surface area contributed by atoms with Crippen LogP contribution in [0.2, 0.25) is 0 Å². The molecule has 1 aliphatic carbocycles. The number of aryl methyl sites for hydroxylation is 1. The van der Waals surface area contributed by atoms with Crippen molar-refractivity contribution in [2.75, 3.05) is 26.9 Å². The molecule has 1 saturated carbocycles. The summed E-state index contributed by atoms with van der Waals surface area (Å²) in [7, 11) is 3.56. The predicted molar refractivity (Wildman–Crippen MR) is 75.9 cm³/mol. The van der Waals surface area contributed by atoms with E-state index >= 15 is 0 Å². The number of rotatable bonds is 9. The fourth-order valence-electron chi connectivity index (χ4n) is 2.35. The van der Waals surface area contributed by atoms with Gasteiger partial charge in [-0.2, -0.15) is 5.10 Å². The molecule has 1 aromatic rings. The van der Waals surface area contributed by atoms with E-state index < -0.39 is 0 Å². The number of ether oxygens (including phenoxy) is 3. The van der Waals surface area contributed by atoms with Gasteiger partial charge in [-0.25, -0.2) is 0 Å². The number of methoxy groups -OCH3 is 1. The molecule has 0 spiro atoms. The Morgan fingerprint density at radius 2 is 2.30 bits per heavy atom. The average molecular weight is 283 g/mol. The largest absolute Gasteiger partial charge is 0.484 e. The third-order valence-corrected chi connectivity index (χ3v) is 3.47. The van der Waals surface area contributed by atoms with Crippen molar-refractivity contribution in [2.24, 2.45) is 7.05 Å². The van der Waals surface area contributed by atoms with Gasteiger partial charge < -0.3 is 19.5 Å². The Kier molecular flexibility index (Phi) is 5.82. The third kappa shape index (κ3) is 3.94. The summed E-state index contributed by atoms with van der Waals surface area (Å²) in [5.74, 6) is 0.798. The van der Waals surface area contributed by atoms with E-state index in [-0.39, 0.29) is 12.2 Å². The van der Waals surface area contributed by atoms with Crippen LogP contribution in [0.5, 0.6) is 5.75 Å². The highest BCUT2D eigenvalue weighted by atomic mass is 16.6. The highest BCUT2D eigenvalue weighted by Gasteiger charge is 2.43. The monoisotopic (exact) mass is 283 g/mol. The van der Waals surface area contributed by atoms with E-state index in [0.29, 0.717) is 19.3 Å². The van der Waals surface area contributed by atoms with Gasteiger partial charge in [0.25, 0.3) is 0 Å². The van der Waals surface area contributed by atoms with Crippen molar-refractivity contribution in [3.63, 3.8) is 0 Å². The van der Waals surface area contributed by atoms with Gasteiger partial charge in [-0.05, 0) is 13.0 Å². The fourth-order valence-corrected chi connectivity index (χ4v) is 2.35. The molecule has 0 aliphatic heterocycles. The summed E-state index contributed by atoms with van der Waals surface area (Å²) in [5.41, 5.74) is 0. The molecule has 3 atom stereocenters. The van der Waals surface area contributed by atoms with Gasteiger partial charge in [-0.1, -0.05) is 6.92 Å². The second-order valence-electron chi connectivity index (χ2n) is 5.13. The number of nitrogens with one attached hydrogen (secondary N) is 1. The highest BCUT2D eigenvalue weighted by Crippen LogP contribution is 2.29. The summed E-state index contributed by atoms with van der Waals surface area (Å²) in [6.07, 6.45) is 5.86. The standard InChI is InChI=1S/C14H25N3O3/c1-4-5-15-12-8-13(14(12)19-7-6-18-3)20-11-9-16-17(2)10-11/h9-10,12-15H,4-8H2,1-3H3. The van der Waals surface area contributed by atoms with E-state index in [1.54, 1.807) is 18.0 Å². The van der Waals surface area contributed by atoms with Crippen LogP contribution < -0.4 is 10.1 Å². The molecule has 1 heterocycles. The normalized spacial score (nSPS) is 25.4. The SMILES string of the molecule is CCCNC1CC(Oc2cnn(C)c2)C1OCCOC. The molecule has 6 heteroatoms. The maximum Gasteiger partial charge on any atom is 0.157 e. The number of aromatic nitrogens is 2. The van der Waals surface area contributed by atoms with Gasteiger partial charge in [-0.3, -0.25) is 4.68 Å². The molecule has 0 radical (unpaired) electrons. The molecule has 1 N–H and O–H groups in total. The van der Waals surface area contributed by atoms with Crippen LogP contribution >= 0.6 is 0 Å². The van der Waals surface area contributed by atoms with Crippen molar-refractivity contribution in [1.82, 2.24) is 15.1 Å². The summed E-state index contributed by atoms with van der Waals surface area (Å²) in [6, 6.07) is 0.369. The van der Waals surface area contributed by atoms with Crippen LogP contribution in [0.25, 0.3) is 0 Å². The van der Waals surface area contributed by atoms with Crippen molar-refractivity contribution >= 4 is 0 Å². The maximum absolute atomic E-state index is 5.94. The van der Waals surface area contributed by atoms with Crippen molar-refractivity contribution in [3.05, 3.63) is 12.4 Å². The van der Waals surface area contributed by atoms with E-state index in [2.05, 4.69) is 17.3 Å². The van der Waals surface area contributed by atoms with Crippen LogP contribution in [-0.2, 0) is 16.5 Å². The summed E-state index contributed by atoms with van der Waals surface area (Å²) < 4.78 is 18.6. The van der Waals surface area contributed by atoms with Gasteiger partial charge in [0, 0.05) is 26.6 Å². The molecule has 20 heavy (non-hydrogen) atoms. The van der Waals surface area contributed by atoms with Crippen molar-refractivity contribution in [1.29, 1.82) is 0 Å². The average Bonchev–Trinajstić information content (AvgIpc) is 2.83. The van der Waals surface area contributed by atoms with E-state index in [1.165, 1.54) is 0 Å². The first-order valence-corrected chi connectivity index (χ1v) is 7.23. The number of nitrogens with zero attached hydrogens (tertiary/aromatic N) is 2. The number of hydrogen-bond acceptors (Lipinski definition) is 5. The van der Waals surface area contributed by atoms with Crippen LogP contribution in [0, 0.1) is 0 Å². The lowest BCUT2D eigenvalue weighted by Crippen LogP contribution is -2.61. The minimum atomic E-state index is 0.0805. The Hall–Kier alpha value is -1.11. The highest BCUT2D eigenvalue weighted by molar-refractivity contribution is 5.14. The second-order valence-corrected chi connectivity index (χ2v) is 5.13. The van der Waals surface area contributed by atoms with E-state index in [1.807, 2.05) is 13.2 Å². The molecule has 1 aliphatic rings. The zero-order valence-electron chi connectivity index (χ0n) is 12.5. The zero-order valence-corrected chi connectivity index (χ0v) is 12.5. The molecule has 114 valence electrons. The lowest BCUT2D eigenvalue weighted by atomic mass is 9.85. The molecule has 6 nitrogen and oxygen atoms in total. The zero-order chi connectivity index (χ0) is 14.4. The fraction of sp³-hybridized carbons (Fsp3) is 0.786. The van der Waals surface area contributed by atoms with Crippen molar-refractivity contribution in [3.8, 4) is 5.75 Å². The lowest BCUT2D eigenvalue weighted by molar-refractivity contribution is -0.115. The van der Waals surface area contributed by atoms with Crippen molar-refractivity contribution in [2.45, 2.75) is 38.0 Å². The molecule has 2 rings (SSSR count). The van der Waals surface area contributed by atoms with Crippen LogP contribution in [-0.4, -0.2) is 54.9 Å². The molecule has 0 aromatic carbocycles. The topological polar surface area (TPSA) is 57.5 Å². The van der Waals surface area contributed by atoms with Gasteiger partial charge in [-0.15, -0.1) is 0 Å². The smallest absolute Gasteiger partial charge is 0.157 e. The number of hydrogen-bond donors (Lipinski definition) is 1. The van der Waals surface area contributed by atoms with Gasteiger partial charge in [0.05, 0.1) is 25.6 Å². The minimum Gasteiger partial charge on any atom is -0.484 e. The summed E-state index contributed by atoms with van der Waals surface area (Å²) in [5, 5.41) is 7.61. The molecule has 0 saturated heterocycles. The molecule has 0 bridgehead atoms. The molecule has 1 aromatic heterocycles. The second kappa shape index (κ2) is 7.61. The van der Waals surface area contributed by atoms with E-state index in [9.17, 15) is 0 Å². The summed E-state index contributed by atoms with van der Waals surface area (Å²) in [6.45, 7) is 4.37. The van der Waals surface area contributed by atoms with Crippen LogP contribution in [0.3, 0.4) is 0 Å². The third-order valence-electron chi connectivity index (χ3n) is 3.47. The first kappa shape index (κ1) is 15.3. The molecule has 0 amide bonds. The first-order chi connectivity index (χ1) is 9.74. The Labute approximate surface area is 120 Å². The summed E-state index contributed by atoms with van der Waals surface area (Å²) in [4.78, 5) is 0. The van der Waals surface area contributed by atoms with E-state index in [4.69, 9.17) is 14.2 Å². The lowest BCUT2D eigenvalue weighted by Gasteiger charge is -2.44. The van der Waals surface area contributed by atoms with Gasteiger partial charge in [0.2, 0.25) is 0 Å². The Bertz CT molecular complexity index is 397. The van der Waals surface area contributed by atoms with Crippen LogP contribution in [0.4, 0.5) is 0 Å². The first-order valence-electron chi connectivity index (χ1n) is 7.23. The quantitative estimate of drug-likeness (QED) is 0.684. The maximum atomic E-state index is 5.94. The van der Waals surface area contributed by atoms with Crippen molar-refractivity contribution < 1.29 is 14.2 Å². The molecule has 3 unspecified atom stereocenters. The Morgan fingerprint density at radius 3 is 2.95 bits per heavy atom. The molecule has 1 fully saturated rings. The summed E-state index contributed by atoms with van der Waals surface area (Å²) >= 11 is 0. The molecular weight excluding hydrogens is 258 g/mol. The van der Waals surface area contributed by atoms with Crippen LogP contribution in [0.15, 0.2) is 12.4 Å². The Balaban J connectivity index is 1.84. The van der Waals surface area contributed by atoms with Crippen LogP contribution in [0.1, 0.15) is 19.8 Å². The predicted octanol–water partition coefficient (Wildman–Crippen LogP) is 0.971. The van der Waals surface area contributed by atoms with Gasteiger partial charge in [0.1, 0.15) is 12.2 Å². The van der Waals surface area contributed by atoms with E-state index in [0.717, 1.165) is 25.1 Å².